The van der Waals surface area contributed by atoms with Crippen molar-refractivity contribution in [1.82, 2.24) is 4.90 Å². The lowest BCUT2D eigenvalue weighted by Gasteiger charge is -2.40. The van der Waals surface area contributed by atoms with E-state index in [4.69, 9.17) is 4.74 Å². The Morgan fingerprint density at radius 1 is 1.40 bits per heavy atom. The molecule has 5 heteroatoms. The third kappa shape index (κ3) is 4.01. The normalized spacial score (nSPS) is 15.8. The first-order valence-electron chi connectivity index (χ1n) is 6.75. The van der Waals surface area contributed by atoms with E-state index in [9.17, 15) is 4.79 Å². The van der Waals surface area contributed by atoms with Crippen molar-refractivity contribution in [3.8, 4) is 0 Å². The van der Waals surface area contributed by atoms with Crippen LogP contribution in [-0.4, -0.2) is 35.7 Å². The first-order valence-corrected chi connectivity index (χ1v) is 7.83. The summed E-state index contributed by atoms with van der Waals surface area (Å²) in [6.07, 6.45) is -0.227. The third-order valence-electron chi connectivity index (χ3n) is 3.08. The van der Waals surface area contributed by atoms with Gasteiger partial charge in [-0.25, -0.2) is 4.79 Å². The number of amides is 1. The lowest BCUT2D eigenvalue weighted by Crippen LogP contribution is -2.58. The lowest BCUT2D eigenvalue weighted by molar-refractivity contribution is 0.0105. The largest absolute Gasteiger partial charge is 0.444 e. The van der Waals surface area contributed by atoms with E-state index in [2.05, 4.69) is 53.0 Å². The van der Waals surface area contributed by atoms with Crippen LogP contribution >= 0.6 is 22.6 Å². The van der Waals surface area contributed by atoms with E-state index in [0.29, 0.717) is 19.1 Å². The fourth-order valence-corrected chi connectivity index (χ4v) is 2.70. The van der Waals surface area contributed by atoms with Crippen molar-refractivity contribution in [2.75, 3.05) is 18.4 Å². The van der Waals surface area contributed by atoms with Crippen LogP contribution in [0.1, 0.15) is 26.3 Å². The Balaban J connectivity index is 1.83. The van der Waals surface area contributed by atoms with Crippen LogP contribution in [-0.2, 0) is 4.74 Å². The van der Waals surface area contributed by atoms with Crippen molar-refractivity contribution in [1.29, 1.82) is 0 Å². The molecule has 1 N–H and O–H groups in total. The number of carbonyl (C=O) groups is 1. The molecule has 0 spiro atoms. The van der Waals surface area contributed by atoms with Crippen LogP contribution in [0.2, 0.25) is 0 Å². The molecule has 1 aliphatic heterocycles. The smallest absolute Gasteiger partial charge is 0.410 e. The summed E-state index contributed by atoms with van der Waals surface area (Å²) in [5, 5.41) is 3.47. The highest BCUT2D eigenvalue weighted by atomic mass is 127. The molecular weight excluding hydrogens is 367 g/mol. The Morgan fingerprint density at radius 3 is 2.60 bits per heavy atom. The second-order valence-electron chi connectivity index (χ2n) is 6.19. The molecule has 110 valence electrons. The van der Waals surface area contributed by atoms with Gasteiger partial charge in [0, 0.05) is 22.3 Å². The summed E-state index contributed by atoms with van der Waals surface area (Å²) in [6, 6.07) is 6.63. The van der Waals surface area contributed by atoms with Gasteiger partial charge in [-0.15, -0.1) is 0 Å². The fourth-order valence-electron chi connectivity index (χ4n) is 2.05. The molecule has 0 saturated carbocycles. The zero-order chi connectivity index (χ0) is 14.9. The Labute approximate surface area is 134 Å². The van der Waals surface area contributed by atoms with Crippen LogP contribution in [0.5, 0.6) is 0 Å². The molecular formula is C15H21IN2O2. The van der Waals surface area contributed by atoms with Gasteiger partial charge in [-0.3, -0.25) is 0 Å². The molecule has 4 nitrogen and oxygen atoms in total. The van der Waals surface area contributed by atoms with Crippen molar-refractivity contribution < 1.29 is 9.53 Å². The van der Waals surface area contributed by atoms with Gasteiger partial charge in [0.25, 0.3) is 0 Å². The minimum absolute atomic E-state index is 0.227. The van der Waals surface area contributed by atoms with E-state index in [1.54, 1.807) is 4.90 Å². The number of nitrogens with one attached hydrogen (secondary N) is 1. The highest BCUT2D eigenvalue weighted by Crippen LogP contribution is 2.22. The maximum Gasteiger partial charge on any atom is 0.410 e. The second kappa shape index (κ2) is 5.79. The van der Waals surface area contributed by atoms with Gasteiger partial charge < -0.3 is 15.0 Å². The number of aryl methyl sites for hydroxylation is 1. The van der Waals surface area contributed by atoms with Gasteiger partial charge in [-0.1, -0.05) is 0 Å². The van der Waals surface area contributed by atoms with Crippen LogP contribution in [0.3, 0.4) is 0 Å². The highest BCUT2D eigenvalue weighted by Gasteiger charge is 2.33. The Hall–Kier alpha value is -0.980. The Kier molecular flexibility index (Phi) is 4.46. The number of halogens is 1. The number of ether oxygens (including phenoxy) is 1. The van der Waals surface area contributed by atoms with E-state index in [0.717, 1.165) is 5.69 Å². The number of carbonyl (C=O) groups excluding carboxylic acids is 1. The summed E-state index contributed by atoms with van der Waals surface area (Å²) in [6.45, 7) is 9.13. The van der Waals surface area contributed by atoms with Crippen molar-refractivity contribution >= 4 is 34.4 Å². The van der Waals surface area contributed by atoms with Gasteiger partial charge in [-0.05, 0) is 74.0 Å². The molecule has 1 aromatic rings. The fraction of sp³-hybridized carbons (Fsp3) is 0.533. The quantitative estimate of drug-likeness (QED) is 0.787. The van der Waals surface area contributed by atoms with E-state index < -0.39 is 5.60 Å². The maximum absolute atomic E-state index is 11.8. The van der Waals surface area contributed by atoms with Crippen LogP contribution in [0, 0.1) is 10.5 Å². The molecule has 1 saturated heterocycles. The predicted octanol–water partition coefficient (Wildman–Crippen LogP) is 3.63. The van der Waals surface area contributed by atoms with Crippen LogP contribution in [0.25, 0.3) is 0 Å². The van der Waals surface area contributed by atoms with E-state index in [1.807, 2.05) is 20.8 Å². The van der Waals surface area contributed by atoms with Gasteiger partial charge in [0.2, 0.25) is 0 Å². The summed E-state index contributed by atoms with van der Waals surface area (Å²) < 4.78 is 6.57. The minimum Gasteiger partial charge on any atom is -0.444 e. The topological polar surface area (TPSA) is 41.6 Å². The first-order chi connectivity index (χ1) is 9.24. The second-order valence-corrected chi connectivity index (χ2v) is 7.43. The molecule has 0 atom stereocenters. The molecule has 20 heavy (non-hydrogen) atoms. The number of likely N-dealkylation sites (tertiary alicyclic amines) is 1. The zero-order valence-corrected chi connectivity index (χ0v) is 14.5. The Morgan fingerprint density at radius 2 is 2.05 bits per heavy atom. The number of hydrogen-bond acceptors (Lipinski definition) is 3. The molecule has 0 unspecified atom stereocenters. The summed E-state index contributed by atoms with van der Waals surface area (Å²) in [7, 11) is 0. The third-order valence-corrected chi connectivity index (χ3v) is 3.75. The zero-order valence-electron chi connectivity index (χ0n) is 12.4. The van der Waals surface area contributed by atoms with E-state index in [1.165, 1.54) is 9.13 Å². The molecule has 2 rings (SSSR count). The molecule has 0 aliphatic carbocycles. The number of benzene rings is 1. The number of hydrogen-bond donors (Lipinski definition) is 1. The van der Waals surface area contributed by atoms with Gasteiger partial charge >= 0.3 is 6.09 Å². The SMILES string of the molecule is Cc1cc(I)ccc1NC1CN(C(=O)OC(C)(C)C)C1. The van der Waals surface area contributed by atoms with Crippen molar-refractivity contribution in [2.45, 2.75) is 39.3 Å². The number of nitrogens with zero attached hydrogens (tertiary/aromatic N) is 1. The lowest BCUT2D eigenvalue weighted by atomic mass is 10.1. The number of anilines is 1. The Bertz CT molecular complexity index is 505. The van der Waals surface area contributed by atoms with Gasteiger partial charge in [0.05, 0.1) is 6.04 Å². The van der Waals surface area contributed by atoms with E-state index in [-0.39, 0.29) is 6.09 Å². The standard InChI is InChI=1S/C15H21IN2O2/c1-10-7-11(16)5-6-13(10)17-12-8-18(9-12)14(19)20-15(2,3)4/h5-7,12,17H,8-9H2,1-4H3. The molecule has 0 bridgehead atoms. The highest BCUT2D eigenvalue weighted by molar-refractivity contribution is 14.1. The molecule has 1 aliphatic rings. The molecule has 0 aromatic heterocycles. The molecule has 0 radical (unpaired) electrons. The minimum atomic E-state index is -0.428. The average molecular weight is 388 g/mol. The van der Waals surface area contributed by atoms with Crippen LogP contribution in [0.15, 0.2) is 18.2 Å². The van der Waals surface area contributed by atoms with Gasteiger partial charge in [0.1, 0.15) is 5.60 Å². The van der Waals surface area contributed by atoms with Gasteiger partial charge in [0.15, 0.2) is 0 Å². The van der Waals surface area contributed by atoms with Crippen LogP contribution < -0.4 is 5.32 Å². The number of rotatable bonds is 2. The predicted molar refractivity (Wildman–Crippen MR) is 89.1 cm³/mol. The van der Waals surface area contributed by atoms with Crippen molar-refractivity contribution in [3.05, 3.63) is 27.3 Å². The summed E-state index contributed by atoms with van der Waals surface area (Å²) >= 11 is 2.31. The molecule has 1 heterocycles. The average Bonchev–Trinajstić information content (AvgIpc) is 2.22. The molecule has 1 amide bonds. The first kappa shape index (κ1) is 15.4. The molecule has 1 aromatic carbocycles. The summed E-state index contributed by atoms with van der Waals surface area (Å²) in [5.41, 5.74) is 1.94. The van der Waals surface area contributed by atoms with Crippen molar-refractivity contribution in [3.63, 3.8) is 0 Å². The molecule has 1 fully saturated rings. The summed E-state index contributed by atoms with van der Waals surface area (Å²) in [5.74, 6) is 0. The van der Waals surface area contributed by atoms with Crippen molar-refractivity contribution in [2.24, 2.45) is 0 Å². The van der Waals surface area contributed by atoms with E-state index >= 15 is 0 Å². The maximum atomic E-state index is 11.8. The summed E-state index contributed by atoms with van der Waals surface area (Å²) in [4.78, 5) is 13.6. The van der Waals surface area contributed by atoms with Crippen LogP contribution in [0.4, 0.5) is 10.5 Å². The monoisotopic (exact) mass is 388 g/mol. The van der Waals surface area contributed by atoms with Gasteiger partial charge in [-0.2, -0.15) is 0 Å².